The van der Waals surface area contributed by atoms with Crippen LogP contribution >= 0.6 is 11.6 Å². The third-order valence-electron chi connectivity index (χ3n) is 4.69. The Morgan fingerprint density at radius 2 is 1.91 bits per heavy atom. The van der Waals surface area contributed by atoms with Crippen molar-refractivity contribution in [2.45, 2.75) is 4.90 Å². The molecule has 3 aromatic heterocycles. The molecule has 0 unspecified atom stereocenters. The van der Waals surface area contributed by atoms with E-state index in [-0.39, 0.29) is 28.1 Å². The highest BCUT2D eigenvalue weighted by Gasteiger charge is 2.26. The summed E-state index contributed by atoms with van der Waals surface area (Å²) in [5, 5.41) is 3.00. The Hall–Kier alpha value is -3.84. The normalized spacial score (nSPS) is 11.4. The van der Waals surface area contributed by atoms with Crippen molar-refractivity contribution in [3.63, 3.8) is 0 Å². The van der Waals surface area contributed by atoms with E-state index < -0.39 is 43.4 Å². The number of sulfonamides is 1. The molecule has 34 heavy (non-hydrogen) atoms. The van der Waals surface area contributed by atoms with Crippen molar-refractivity contribution >= 4 is 44.3 Å². The van der Waals surface area contributed by atoms with Gasteiger partial charge in [-0.05, 0) is 24.3 Å². The summed E-state index contributed by atoms with van der Waals surface area (Å²) in [4.78, 5) is 26.5. The number of anilines is 2. The maximum absolute atomic E-state index is 15.4. The summed E-state index contributed by atoms with van der Waals surface area (Å²) < 4.78 is 62.8. The number of halogens is 3. The number of hydrogen-bond donors (Lipinski definition) is 3. The molecular formula is C20H15ClF2N6O4S. The summed E-state index contributed by atoms with van der Waals surface area (Å²) in [6.07, 6.45) is 2.53. The maximum Gasteiger partial charge on any atom is 0.267 e. The Labute approximate surface area is 196 Å². The molecule has 0 atom stereocenters. The number of methoxy groups -OCH3 is 1. The number of H-pyrrole nitrogens is 1. The van der Waals surface area contributed by atoms with Gasteiger partial charge >= 0.3 is 0 Å². The Morgan fingerprint density at radius 3 is 2.62 bits per heavy atom. The lowest BCUT2D eigenvalue weighted by atomic mass is 10.0. The van der Waals surface area contributed by atoms with E-state index in [1.54, 1.807) is 7.05 Å². The van der Waals surface area contributed by atoms with Crippen LogP contribution in [0.5, 0.6) is 5.88 Å². The van der Waals surface area contributed by atoms with Crippen LogP contribution in [0.15, 0.2) is 46.3 Å². The number of nitrogens with zero attached hydrogens (tertiary/aromatic N) is 3. The number of pyridine rings is 2. The molecule has 0 radical (unpaired) electrons. The summed E-state index contributed by atoms with van der Waals surface area (Å²) in [6, 6.07) is 3.98. The van der Waals surface area contributed by atoms with Crippen LogP contribution in [-0.4, -0.2) is 42.5 Å². The van der Waals surface area contributed by atoms with E-state index in [1.165, 1.54) is 25.6 Å². The fourth-order valence-corrected chi connectivity index (χ4v) is 4.56. The maximum atomic E-state index is 15.4. The molecule has 0 amide bonds. The highest BCUT2D eigenvalue weighted by molar-refractivity contribution is 7.92. The van der Waals surface area contributed by atoms with Crippen LogP contribution < -0.4 is 20.3 Å². The van der Waals surface area contributed by atoms with Gasteiger partial charge in [0.25, 0.3) is 15.6 Å². The lowest BCUT2D eigenvalue weighted by Gasteiger charge is -2.14. The molecule has 0 saturated heterocycles. The number of rotatable bonds is 6. The second-order valence-corrected chi connectivity index (χ2v) is 8.90. The minimum absolute atomic E-state index is 0.00668. The van der Waals surface area contributed by atoms with Crippen molar-refractivity contribution in [1.29, 1.82) is 0 Å². The number of fused-ring (bicyclic) bond motifs is 1. The van der Waals surface area contributed by atoms with Gasteiger partial charge in [-0.15, -0.1) is 0 Å². The van der Waals surface area contributed by atoms with E-state index in [9.17, 15) is 17.6 Å². The summed E-state index contributed by atoms with van der Waals surface area (Å²) >= 11 is 5.84. The molecule has 0 aliphatic carbocycles. The van der Waals surface area contributed by atoms with E-state index in [2.05, 4.69) is 25.3 Å². The SMILES string of the molecule is CNc1ncc2cc(-c3c(F)ccc(NS(=O)(=O)c4cc(Cl)cnc4OC)c3F)c(=O)[nH]c2n1. The number of aromatic amines is 1. The quantitative estimate of drug-likeness (QED) is 0.361. The van der Waals surface area contributed by atoms with Gasteiger partial charge in [0.1, 0.15) is 11.5 Å². The molecule has 0 fully saturated rings. The third-order valence-corrected chi connectivity index (χ3v) is 6.26. The van der Waals surface area contributed by atoms with Gasteiger partial charge in [-0.25, -0.2) is 27.2 Å². The Kier molecular flexibility index (Phi) is 6.06. The molecule has 176 valence electrons. The highest BCUT2D eigenvalue weighted by atomic mass is 35.5. The zero-order valence-electron chi connectivity index (χ0n) is 17.5. The fraction of sp³-hybridized carbons (Fsp3) is 0.100. The third kappa shape index (κ3) is 4.22. The predicted octanol–water partition coefficient (Wildman–Crippen LogP) is 3.16. The number of aromatic nitrogens is 4. The highest BCUT2D eigenvalue weighted by Crippen LogP contribution is 2.32. The van der Waals surface area contributed by atoms with Crippen molar-refractivity contribution < 1.29 is 21.9 Å². The zero-order chi connectivity index (χ0) is 24.6. The van der Waals surface area contributed by atoms with Crippen molar-refractivity contribution in [2.75, 3.05) is 24.2 Å². The average Bonchev–Trinajstić information content (AvgIpc) is 2.81. The number of hydrogen-bond acceptors (Lipinski definition) is 8. The zero-order valence-corrected chi connectivity index (χ0v) is 19.1. The van der Waals surface area contributed by atoms with Crippen molar-refractivity contribution in [3.8, 4) is 17.0 Å². The molecule has 0 aliphatic rings. The summed E-state index contributed by atoms with van der Waals surface area (Å²) in [7, 11) is -1.68. The van der Waals surface area contributed by atoms with Crippen molar-refractivity contribution in [3.05, 3.63) is 63.7 Å². The van der Waals surface area contributed by atoms with Crippen LogP contribution in [0.4, 0.5) is 20.4 Å². The molecule has 3 heterocycles. The minimum Gasteiger partial charge on any atom is -0.480 e. The Morgan fingerprint density at radius 1 is 1.15 bits per heavy atom. The first-order chi connectivity index (χ1) is 16.1. The number of benzene rings is 1. The van der Waals surface area contributed by atoms with Crippen LogP contribution in [0.25, 0.3) is 22.2 Å². The molecular weight excluding hydrogens is 494 g/mol. The molecule has 0 saturated carbocycles. The van der Waals surface area contributed by atoms with Gasteiger partial charge < -0.3 is 15.0 Å². The Balaban J connectivity index is 1.83. The molecule has 1 aromatic carbocycles. The number of nitrogens with one attached hydrogen (secondary N) is 3. The van der Waals surface area contributed by atoms with Gasteiger partial charge in [0, 0.05) is 24.8 Å². The van der Waals surface area contributed by atoms with E-state index in [1.807, 2.05) is 4.72 Å². The van der Waals surface area contributed by atoms with Gasteiger partial charge in [0.15, 0.2) is 10.7 Å². The van der Waals surface area contributed by atoms with Gasteiger partial charge in [-0.3, -0.25) is 9.52 Å². The summed E-state index contributed by atoms with van der Waals surface area (Å²) in [5.74, 6) is -2.45. The second-order valence-electron chi connectivity index (χ2n) is 6.81. The first-order valence-corrected chi connectivity index (χ1v) is 11.3. The minimum atomic E-state index is -4.46. The molecule has 4 rings (SSSR count). The first-order valence-electron chi connectivity index (χ1n) is 9.43. The van der Waals surface area contributed by atoms with E-state index in [0.29, 0.717) is 5.39 Å². The van der Waals surface area contributed by atoms with Gasteiger partial charge in [0.2, 0.25) is 11.8 Å². The molecule has 0 aliphatic heterocycles. The Bertz CT molecular complexity index is 1600. The van der Waals surface area contributed by atoms with Gasteiger partial charge in [-0.1, -0.05) is 11.6 Å². The van der Waals surface area contributed by atoms with Crippen LogP contribution in [0.1, 0.15) is 0 Å². The van der Waals surface area contributed by atoms with E-state index in [0.717, 1.165) is 18.2 Å². The lowest BCUT2D eigenvalue weighted by Crippen LogP contribution is -2.17. The molecule has 10 nitrogen and oxygen atoms in total. The fourth-order valence-electron chi connectivity index (χ4n) is 3.13. The molecule has 0 bridgehead atoms. The summed E-state index contributed by atoms with van der Waals surface area (Å²) in [5.41, 5.74) is -2.43. The van der Waals surface area contributed by atoms with E-state index >= 15 is 4.39 Å². The monoisotopic (exact) mass is 508 g/mol. The smallest absolute Gasteiger partial charge is 0.267 e. The largest absolute Gasteiger partial charge is 0.480 e. The standard InChI is InChI=1S/C20H15ClF2N6O4S/c1-24-20-26-7-9-5-11(18(30)27-17(9)28-20)15-12(22)3-4-13(16(15)23)29-34(31,32)14-6-10(21)8-25-19(14)33-2/h3-8,29H,1-2H3,(H2,24,26,27,28,30). The molecule has 4 aromatic rings. The molecule has 0 spiro atoms. The van der Waals surface area contributed by atoms with Crippen LogP contribution in [-0.2, 0) is 10.0 Å². The van der Waals surface area contributed by atoms with Crippen LogP contribution in [0.2, 0.25) is 5.02 Å². The average molecular weight is 509 g/mol. The van der Waals surface area contributed by atoms with Crippen molar-refractivity contribution in [1.82, 2.24) is 19.9 Å². The van der Waals surface area contributed by atoms with Gasteiger partial charge in [0.05, 0.1) is 28.9 Å². The van der Waals surface area contributed by atoms with Crippen LogP contribution in [0.3, 0.4) is 0 Å². The molecule has 14 heteroatoms. The topological polar surface area (TPSA) is 139 Å². The van der Waals surface area contributed by atoms with E-state index in [4.69, 9.17) is 16.3 Å². The van der Waals surface area contributed by atoms with Gasteiger partial charge in [-0.2, -0.15) is 4.98 Å². The molecule has 3 N–H and O–H groups in total. The predicted molar refractivity (Wildman–Crippen MR) is 122 cm³/mol. The number of ether oxygens (including phenoxy) is 1. The second kappa shape index (κ2) is 8.83. The first kappa shape index (κ1) is 23.3. The lowest BCUT2D eigenvalue weighted by molar-refractivity contribution is 0.385. The van der Waals surface area contributed by atoms with Crippen molar-refractivity contribution in [2.24, 2.45) is 0 Å². The van der Waals surface area contributed by atoms with Crippen LogP contribution in [0, 0.1) is 11.6 Å². The summed E-state index contributed by atoms with van der Waals surface area (Å²) in [6.45, 7) is 0.